The molecule has 1 aromatic carbocycles. The van der Waals surface area contributed by atoms with E-state index in [0.29, 0.717) is 21.4 Å². The molecule has 7 nitrogen and oxygen atoms in total. The predicted molar refractivity (Wildman–Crippen MR) is 92.1 cm³/mol. The Bertz CT molecular complexity index is 844. The van der Waals surface area contributed by atoms with Crippen molar-refractivity contribution in [1.29, 1.82) is 0 Å². The minimum atomic E-state index is -3.57. The zero-order valence-corrected chi connectivity index (χ0v) is 15.6. The van der Waals surface area contributed by atoms with E-state index in [1.165, 1.54) is 0 Å². The van der Waals surface area contributed by atoms with E-state index in [9.17, 15) is 8.42 Å². The number of ether oxygens (including phenoxy) is 2. The fraction of sp³-hybridized carbons (Fsp3) is 0.400. The van der Waals surface area contributed by atoms with Gasteiger partial charge in [-0.05, 0) is 12.1 Å². The average Bonchev–Trinajstić information content (AvgIpc) is 3.15. The number of H-pyrrole nitrogens is 1. The summed E-state index contributed by atoms with van der Waals surface area (Å²) in [5.74, 6) is -0.582. The van der Waals surface area contributed by atoms with Crippen LogP contribution in [0, 0.1) is 0 Å². The second-order valence-electron chi connectivity index (χ2n) is 5.63. The molecule has 1 aliphatic rings. The van der Waals surface area contributed by atoms with Crippen molar-refractivity contribution in [2.45, 2.75) is 18.3 Å². The van der Waals surface area contributed by atoms with Crippen LogP contribution in [0.25, 0.3) is 0 Å². The van der Waals surface area contributed by atoms with E-state index in [1.54, 1.807) is 30.6 Å². The van der Waals surface area contributed by atoms with Crippen LogP contribution in [0.2, 0.25) is 10.0 Å². The number of hydrogen-bond acceptors (Lipinski definition) is 6. The molecule has 1 N–H and O–H groups in total. The maximum Gasteiger partial charge on any atom is 0.264 e. The van der Waals surface area contributed by atoms with Gasteiger partial charge in [0.25, 0.3) is 10.1 Å². The van der Waals surface area contributed by atoms with Crippen molar-refractivity contribution in [3.05, 3.63) is 52.0 Å². The molecule has 3 rings (SSSR count). The summed E-state index contributed by atoms with van der Waals surface area (Å²) in [6.45, 7) is -0.000862. The third kappa shape index (κ3) is 4.52. The molecule has 0 unspecified atom stereocenters. The van der Waals surface area contributed by atoms with Crippen molar-refractivity contribution in [3.63, 3.8) is 0 Å². The molecule has 1 aliphatic heterocycles. The molecule has 0 saturated carbocycles. The van der Waals surface area contributed by atoms with Crippen LogP contribution in [0.15, 0.2) is 30.6 Å². The Balaban J connectivity index is 1.88. The molecule has 1 saturated heterocycles. The fourth-order valence-electron chi connectivity index (χ4n) is 2.59. The highest BCUT2D eigenvalue weighted by molar-refractivity contribution is 7.85. The molecule has 0 bridgehead atoms. The summed E-state index contributed by atoms with van der Waals surface area (Å²) in [5.41, 5.74) is 0.580. The van der Waals surface area contributed by atoms with Gasteiger partial charge in [-0.25, -0.2) is 4.98 Å². The third-order valence-electron chi connectivity index (χ3n) is 3.62. The standard InChI is InChI=1S/C15H16Cl2N2O5S/c1-25(20,21)23-9-11-8-22-15(24-11,7-14-18-4-5-19-14)12-3-2-10(16)6-13(12)17/h2-6,11H,7-9H2,1H3,(H,18,19)/t11-,15+/m0/s1. The number of aromatic amines is 1. The van der Waals surface area contributed by atoms with Crippen LogP contribution in [0.1, 0.15) is 11.4 Å². The lowest BCUT2D eigenvalue weighted by Crippen LogP contribution is -2.32. The molecule has 10 heteroatoms. The highest BCUT2D eigenvalue weighted by Crippen LogP contribution is 2.41. The monoisotopic (exact) mass is 406 g/mol. The first-order chi connectivity index (χ1) is 11.8. The Morgan fingerprint density at radius 1 is 1.44 bits per heavy atom. The molecule has 0 radical (unpaired) electrons. The second-order valence-corrected chi connectivity index (χ2v) is 8.12. The van der Waals surface area contributed by atoms with Crippen LogP contribution in [0.3, 0.4) is 0 Å². The Kier molecular flexibility index (Phi) is 5.38. The number of rotatable bonds is 6. The first kappa shape index (κ1) is 18.6. The summed E-state index contributed by atoms with van der Waals surface area (Å²) in [6.07, 6.45) is 3.97. The summed E-state index contributed by atoms with van der Waals surface area (Å²) in [5, 5.41) is 0.862. The van der Waals surface area contributed by atoms with Crippen molar-refractivity contribution in [1.82, 2.24) is 9.97 Å². The maximum absolute atomic E-state index is 11.2. The number of halogens is 2. The minimum absolute atomic E-state index is 0.148. The van der Waals surface area contributed by atoms with E-state index < -0.39 is 22.0 Å². The lowest BCUT2D eigenvalue weighted by molar-refractivity contribution is -0.179. The highest BCUT2D eigenvalue weighted by Gasteiger charge is 2.45. The van der Waals surface area contributed by atoms with Gasteiger partial charge < -0.3 is 14.5 Å². The number of benzene rings is 1. The van der Waals surface area contributed by atoms with Crippen LogP contribution in [0.5, 0.6) is 0 Å². The number of imidazole rings is 1. The molecule has 0 spiro atoms. The van der Waals surface area contributed by atoms with Gasteiger partial charge in [-0.15, -0.1) is 0 Å². The number of aromatic nitrogens is 2. The van der Waals surface area contributed by atoms with E-state index in [-0.39, 0.29) is 19.6 Å². The predicted octanol–water partition coefficient (Wildman–Crippen LogP) is 2.50. The van der Waals surface area contributed by atoms with E-state index in [2.05, 4.69) is 9.97 Å². The number of nitrogens with zero attached hydrogens (tertiary/aromatic N) is 1. The largest absolute Gasteiger partial charge is 0.348 e. The van der Waals surface area contributed by atoms with E-state index in [4.69, 9.17) is 36.9 Å². The normalized spacial score (nSPS) is 23.9. The van der Waals surface area contributed by atoms with E-state index in [1.807, 2.05) is 0 Å². The third-order valence-corrected chi connectivity index (χ3v) is 4.74. The zero-order chi connectivity index (χ0) is 18.1. The van der Waals surface area contributed by atoms with Crippen molar-refractivity contribution < 1.29 is 22.1 Å². The van der Waals surface area contributed by atoms with Gasteiger partial charge in [0.05, 0.1) is 30.9 Å². The molecule has 1 fully saturated rings. The molecule has 2 heterocycles. The highest BCUT2D eigenvalue weighted by atomic mass is 35.5. The molecule has 2 aromatic rings. The number of hydrogen-bond donors (Lipinski definition) is 1. The first-order valence-electron chi connectivity index (χ1n) is 7.37. The summed E-state index contributed by atoms with van der Waals surface area (Å²) in [6, 6.07) is 4.99. The average molecular weight is 407 g/mol. The Labute approximate surface area is 155 Å². The topological polar surface area (TPSA) is 90.5 Å². The van der Waals surface area contributed by atoms with Crippen LogP contribution < -0.4 is 0 Å². The van der Waals surface area contributed by atoms with Gasteiger partial charge in [0.2, 0.25) is 5.79 Å². The van der Waals surface area contributed by atoms with E-state index >= 15 is 0 Å². The molecule has 2 atom stereocenters. The van der Waals surface area contributed by atoms with Gasteiger partial charge in [-0.3, -0.25) is 4.18 Å². The molecule has 0 amide bonds. The molecular formula is C15H16Cl2N2O5S. The van der Waals surface area contributed by atoms with E-state index in [0.717, 1.165) is 6.26 Å². The van der Waals surface area contributed by atoms with Crippen molar-refractivity contribution in [2.24, 2.45) is 0 Å². The first-order valence-corrected chi connectivity index (χ1v) is 9.95. The second kappa shape index (κ2) is 7.22. The lowest BCUT2D eigenvalue weighted by Gasteiger charge is -2.28. The summed E-state index contributed by atoms with van der Waals surface area (Å²) < 4.78 is 39.2. The summed E-state index contributed by atoms with van der Waals surface area (Å²) in [7, 11) is -3.57. The van der Waals surface area contributed by atoms with Crippen molar-refractivity contribution >= 4 is 33.3 Å². The van der Waals surface area contributed by atoms with Gasteiger partial charge in [0.1, 0.15) is 11.9 Å². The smallest absolute Gasteiger partial charge is 0.264 e. The zero-order valence-electron chi connectivity index (χ0n) is 13.2. The van der Waals surface area contributed by atoms with Gasteiger partial charge >= 0.3 is 0 Å². The van der Waals surface area contributed by atoms with Crippen LogP contribution in [0.4, 0.5) is 0 Å². The van der Waals surface area contributed by atoms with Gasteiger partial charge in [-0.2, -0.15) is 8.42 Å². The minimum Gasteiger partial charge on any atom is -0.348 e. The fourth-order valence-corrected chi connectivity index (χ4v) is 3.54. The van der Waals surface area contributed by atoms with Crippen LogP contribution in [-0.2, 0) is 36.0 Å². The summed E-state index contributed by atoms with van der Waals surface area (Å²) >= 11 is 12.3. The Hall–Kier alpha value is -1.16. The molecule has 136 valence electrons. The Morgan fingerprint density at radius 3 is 2.88 bits per heavy atom. The molecule has 1 aromatic heterocycles. The molecule has 0 aliphatic carbocycles. The van der Waals surface area contributed by atoms with Crippen LogP contribution >= 0.6 is 23.2 Å². The van der Waals surface area contributed by atoms with Crippen LogP contribution in [-0.4, -0.2) is 44.0 Å². The van der Waals surface area contributed by atoms with Crippen molar-refractivity contribution in [3.8, 4) is 0 Å². The lowest BCUT2D eigenvalue weighted by atomic mass is 10.0. The quantitative estimate of drug-likeness (QED) is 0.741. The van der Waals surface area contributed by atoms with Crippen molar-refractivity contribution in [2.75, 3.05) is 19.5 Å². The Morgan fingerprint density at radius 2 is 2.24 bits per heavy atom. The molecular weight excluding hydrogens is 391 g/mol. The van der Waals surface area contributed by atoms with Gasteiger partial charge in [0.15, 0.2) is 0 Å². The van der Waals surface area contributed by atoms with Gasteiger partial charge in [0, 0.05) is 23.0 Å². The summed E-state index contributed by atoms with van der Waals surface area (Å²) in [4.78, 5) is 7.19. The number of nitrogens with one attached hydrogen (secondary N) is 1. The molecule has 25 heavy (non-hydrogen) atoms. The maximum atomic E-state index is 11.2. The SMILES string of the molecule is CS(=O)(=O)OC[C@@H]1CO[C@@](Cc2ncc[nH]2)(c2ccc(Cl)cc2Cl)O1. The van der Waals surface area contributed by atoms with Gasteiger partial charge in [-0.1, -0.05) is 29.3 Å².